The minimum absolute atomic E-state index is 0.0261. The molecule has 0 heterocycles. The first kappa shape index (κ1) is 14.6. The summed E-state index contributed by atoms with van der Waals surface area (Å²) in [5, 5.41) is 0. The van der Waals surface area contributed by atoms with Crippen molar-refractivity contribution in [3.8, 4) is 0 Å². The van der Waals surface area contributed by atoms with Gasteiger partial charge in [0.2, 0.25) is 0 Å². The number of esters is 1. The second-order valence-corrected chi connectivity index (χ2v) is 7.15. The van der Waals surface area contributed by atoms with Crippen LogP contribution in [0.1, 0.15) is 59.8 Å². The first-order valence-corrected chi connectivity index (χ1v) is 7.70. The zero-order chi connectivity index (χ0) is 14.3. The first-order valence-electron chi connectivity index (χ1n) is 7.70. The van der Waals surface area contributed by atoms with Crippen molar-refractivity contribution in [2.45, 2.75) is 65.4 Å². The van der Waals surface area contributed by atoms with Crippen molar-refractivity contribution in [1.29, 1.82) is 0 Å². The molecule has 108 valence electrons. The Balaban J connectivity index is 2.37. The highest BCUT2D eigenvalue weighted by molar-refractivity contribution is 5.81. The van der Waals surface area contributed by atoms with Gasteiger partial charge in [-0.25, -0.2) is 4.79 Å². The molecule has 19 heavy (non-hydrogen) atoms. The Bertz CT molecular complexity index is 371. The van der Waals surface area contributed by atoms with Crippen LogP contribution in [0.4, 0.5) is 0 Å². The Morgan fingerprint density at radius 3 is 2.47 bits per heavy atom. The predicted octanol–water partition coefficient (Wildman–Crippen LogP) is 4.35. The van der Waals surface area contributed by atoms with Crippen LogP contribution in [0, 0.1) is 23.2 Å². The lowest BCUT2D eigenvalue weighted by molar-refractivity contribution is -0.170. The normalized spacial score (nSPS) is 41.2. The van der Waals surface area contributed by atoms with Gasteiger partial charge in [0, 0.05) is 17.4 Å². The highest BCUT2D eigenvalue weighted by Crippen LogP contribution is 2.61. The first-order chi connectivity index (χ1) is 8.84. The van der Waals surface area contributed by atoms with Gasteiger partial charge in [-0.15, -0.1) is 0 Å². The molecule has 2 nitrogen and oxygen atoms in total. The van der Waals surface area contributed by atoms with E-state index < -0.39 is 0 Å². The summed E-state index contributed by atoms with van der Waals surface area (Å²) in [4.78, 5) is 11.8. The highest BCUT2D eigenvalue weighted by atomic mass is 16.6. The summed E-state index contributed by atoms with van der Waals surface area (Å²) in [5.74, 6) is 1.52. The number of hydrogen-bond acceptors (Lipinski definition) is 2. The van der Waals surface area contributed by atoms with Gasteiger partial charge in [-0.1, -0.05) is 46.6 Å². The van der Waals surface area contributed by atoms with Crippen molar-refractivity contribution in [2.24, 2.45) is 23.2 Å². The molecule has 0 saturated heterocycles. The van der Waals surface area contributed by atoms with Crippen LogP contribution in [-0.4, -0.2) is 11.6 Å². The number of rotatable bonds is 2. The summed E-state index contributed by atoms with van der Waals surface area (Å²) in [7, 11) is 0. The van der Waals surface area contributed by atoms with Gasteiger partial charge in [-0.05, 0) is 31.6 Å². The standard InChI is InChI=1S/C17H28O2/c1-6-15(18)19-17(5)14-11-9-7-8-10-13(14)12(2)16(17,3)4/h6,12-14H,1,7-11H2,2-5H3. The van der Waals surface area contributed by atoms with Crippen LogP contribution >= 0.6 is 0 Å². The molecule has 2 saturated carbocycles. The van der Waals surface area contributed by atoms with Crippen LogP contribution in [0.3, 0.4) is 0 Å². The molecule has 0 amide bonds. The molecule has 0 radical (unpaired) electrons. The van der Waals surface area contributed by atoms with Crippen LogP contribution in [0.15, 0.2) is 12.7 Å². The maximum absolute atomic E-state index is 11.8. The van der Waals surface area contributed by atoms with Crippen LogP contribution < -0.4 is 0 Å². The van der Waals surface area contributed by atoms with Crippen molar-refractivity contribution < 1.29 is 9.53 Å². The topological polar surface area (TPSA) is 26.3 Å². The van der Waals surface area contributed by atoms with E-state index in [0.29, 0.717) is 17.8 Å². The smallest absolute Gasteiger partial charge is 0.330 e. The molecule has 0 aromatic heterocycles. The Labute approximate surface area is 117 Å². The van der Waals surface area contributed by atoms with Gasteiger partial charge in [0.15, 0.2) is 0 Å². The number of ether oxygens (including phenoxy) is 1. The van der Waals surface area contributed by atoms with E-state index in [2.05, 4.69) is 34.3 Å². The molecular weight excluding hydrogens is 236 g/mol. The number of carbonyl (C=O) groups is 1. The third kappa shape index (κ3) is 2.13. The average Bonchev–Trinajstić information content (AvgIpc) is 2.60. The lowest BCUT2D eigenvalue weighted by Crippen LogP contribution is -2.47. The van der Waals surface area contributed by atoms with E-state index in [-0.39, 0.29) is 17.0 Å². The molecule has 0 N–H and O–H groups in total. The third-order valence-electron chi connectivity index (χ3n) is 6.32. The van der Waals surface area contributed by atoms with Crippen LogP contribution in [0.5, 0.6) is 0 Å². The van der Waals surface area contributed by atoms with Crippen molar-refractivity contribution in [3.05, 3.63) is 12.7 Å². The minimum Gasteiger partial charge on any atom is -0.455 e. The summed E-state index contributed by atoms with van der Waals surface area (Å²) in [6, 6.07) is 0. The third-order valence-corrected chi connectivity index (χ3v) is 6.32. The number of hydrogen-bond donors (Lipinski definition) is 0. The molecule has 2 rings (SSSR count). The molecule has 4 atom stereocenters. The van der Waals surface area contributed by atoms with E-state index in [1.165, 1.54) is 38.2 Å². The largest absolute Gasteiger partial charge is 0.455 e. The molecule has 0 aromatic rings. The molecule has 2 heteroatoms. The van der Waals surface area contributed by atoms with E-state index in [1.807, 2.05) is 0 Å². The predicted molar refractivity (Wildman–Crippen MR) is 77.7 cm³/mol. The van der Waals surface area contributed by atoms with E-state index in [1.54, 1.807) is 0 Å². The Kier molecular flexibility index (Phi) is 3.81. The summed E-state index contributed by atoms with van der Waals surface area (Å²) in [5.41, 5.74) is -0.328. The Hall–Kier alpha value is -0.790. The Morgan fingerprint density at radius 1 is 1.21 bits per heavy atom. The van der Waals surface area contributed by atoms with E-state index in [4.69, 9.17) is 4.74 Å². The second-order valence-electron chi connectivity index (χ2n) is 7.15. The number of carbonyl (C=O) groups excluding carboxylic acids is 1. The molecule has 2 aliphatic rings. The molecule has 2 fully saturated rings. The van der Waals surface area contributed by atoms with Gasteiger partial charge < -0.3 is 4.74 Å². The highest BCUT2D eigenvalue weighted by Gasteiger charge is 2.62. The minimum atomic E-state index is -0.354. The molecule has 4 unspecified atom stereocenters. The van der Waals surface area contributed by atoms with E-state index in [0.717, 1.165) is 0 Å². The fourth-order valence-corrected chi connectivity index (χ4v) is 4.54. The number of fused-ring (bicyclic) bond motifs is 1. The quantitative estimate of drug-likeness (QED) is 0.547. The monoisotopic (exact) mass is 264 g/mol. The summed E-state index contributed by atoms with van der Waals surface area (Å²) in [6.07, 6.45) is 7.70. The zero-order valence-corrected chi connectivity index (χ0v) is 12.9. The average molecular weight is 264 g/mol. The van der Waals surface area contributed by atoms with Crippen molar-refractivity contribution in [2.75, 3.05) is 0 Å². The van der Waals surface area contributed by atoms with Crippen LogP contribution in [-0.2, 0) is 9.53 Å². The van der Waals surface area contributed by atoms with Crippen LogP contribution in [0.2, 0.25) is 0 Å². The van der Waals surface area contributed by atoms with Gasteiger partial charge in [0.1, 0.15) is 5.60 Å². The van der Waals surface area contributed by atoms with Crippen LogP contribution in [0.25, 0.3) is 0 Å². The second kappa shape index (κ2) is 4.96. The molecule has 0 spiro atoms. The molecule has 0 bridgehead atoms. The van der Waals surface area contributed by atoms with Crippen molar-refractivity contribution in [1.82, 2.24) is 0 Å². The van der Waals surface area contributed by atoms with Gasteiger partial charge in [-0.3, -0.25) is 0 Å². The van der Waals surface area contributed by atoms with Crippen molar-refractivity contribution >= 4 is 5.97 Å². The van der Waals surface area contributed by atoms with E-state index in [9.17, 15) is 4.79 Å². The lowest BCUT2D eigenvalue weighted by Gasteiger charge is -2.43. The summed E-state index contributed by atoms with van der Waals surface area (Å²) in [6.45, 7) is 12.6. The molecule has 2 aliphatic carbocycles. The fourth-order valence-electron chi connectivity index (χ4n) is 4.54. The van der Waals surface area contributed by atoms with Gasteiger partial charge in [0.25, 0.3) is 0 Å². The maximum Gasteiger partial charge on any atom is 0.330 e. The van der Waals surface area contributed by atoms with Gasteiger partial charge in [-0.2, -0.15) is 0 Å². The fraction of sp³-hybridized carbons (Fsp3) is 0.824. The SMILES string of the molecule is C=CC(=O)OC1(C)C2CCCCCC2C(C)C1(C)C. The Morgan fingerprint density at radius 2 is 1.84 bits per heavy atom. The van der Waals surface area contributed by atoms with E-state index >= 15 is 0 Å². The lowest BCUT2D eigenvalue weighted by atomic mass is 9.71. The maximum atomic E-state index is 11.8. The van der Waals surface area contributed by atoms with Gasteiger partial charge in [0.05, 0.1) is 0 Å². The molecule has 0 aliphatic heterocycles. The summed E-state index contributed by atoms with van der Waals surface area (Å²) < 4.78 is 5.90. The van der Waals surface area contributed by atoms with Crippen molar-refractivity contribution in [3.63, 3.8) is 0 Å². The van der Waals surface area contributed by atoms with Gasteiger partial charge >= 0.3 is 5.97 Å². The summed E-state index contributed by atoms with van der Waals surface area (Å²) >= 11 is 0. The molecule has 0 aromatic carbocycles. The zero-order valence-electron chi connectivity index (χ0n) is 12.9. The molecular formula is C17H28O2.